The highest BCUT2D eigenvalue weighted by Crippen LogP contribution is 2.70. The van der Waals surface area contributed by atoms with Crippen LogP contribution in [0.15, 0.2) is 11.6 Å². The van der Waals surface area contributed by atoms with Crippen molar-refractivity contribution in [2.75, 3.05) is 0 Å². The van der Waals surface area contributed by atoms with Crippen molar-refractivity contribution < 1.29 is 14.6 Å². The smallest absolute Gasteiger partial charge is 0.309 e. The molecule has 4 aliphatic rings. The van der Waals surface area contributed by atoms with Gasteiger partial charge in [0, 0.05) is 17.8 Å². The van der Waals surface area contributed by atoms with Gasteiger partial charge in [-0.3, -0.25) is 4.79 Å². The fourth-order valence-electron chi connectivity index (χ4n) is 5.03. The molecule has 3 nitrogen and oxygen atoms in total. The molecule has 18 heavy (non-hydrogen) atoms. The van der Waals surface area contributed by atoms with Gasteiger partial charge >= 0.3 is 5.97 Å². The zero-order valence-corrected chi connectivity index (χ0v) is 10.8. The topological polar surface area (TPSA) is 46.5 Å². The average Bonchev–Trinajstić information content (AvgIpc) is 2.98. The SMILES string of the molecule is C[C@@]12C[C@H](O)/C3=C/CCC[C@@H](C(=O)O1)C2C31CC1. The summed E-state index contributed by atoms with van der Waals surface area (Å²) in [4.78, 5) is 12.2. The van der Waals surface area contributed by atoms with E-state index in [-0.39, 0.29) is 17.3 Å². The standard InChI is InChI=1S/C15H20O3/c1-14-8-11(16)10-5-3-2-4-9(13(17)18-14)12(14)15(10)6-7-15/h5,9,11-12,16H,2-4,6-8H2,1H3/b10-5-/t9-,11+,12?,14+/m1/s1. The van der Waals surface area contributed by atoms with Gasteiger partial charge in [0.2, 0.25) is 0 Å². The molecule has 4 atom stereocenters. The van der Waals surface area contributed by atoms with Crippen molar-refractivity contribution in [3.05, 3.63) is 11.6 Å². The summed E-state index contributed by atoms with van der Waals surface area (Å²) < 4.78 is 5.71. The van der Waals surface area contributed by atoms with Crippen LogP contribution >= 0.6 is 0 Å². The van der Waals surface area contributed by atoms with E-state index < -0.39 is 11.7 Å². The molecular weight excluding hydrogens is 228 g/mol. The molecule has 0 amide bonds. The quantitative estimate of drug-likeness (QED) is 0.528. The minimum absolute atomic E-state index is 0.0101. The van der Waals surface area contributed by atoms with E-state index in [1.54, 1.807) is 0 Å². The van der Waals surface area contributed by atoms with Gasteiger partial charge in [-0.05, 0) is 44.6 Å². The molecule has 1 spiro atoms. The Morgan fingerprint density at radius 2 is 2.22 bits per heavy atom. The van der Waals surface area contributed by atoms with E-state index >= 15 is 0 Å². The summed E-state index contributed by atoms with van der Waals surface area (Å²) in [6.07, 6.45) is 7.70. The van der Waals surface area contributed by atoms with E-state index in [0.29, 0.717) is 12.3 Å². The number of carbonyl (C=O) groups is 1. The van der Waals surface area contributed by atoms with Gasteiger partial charge in [-0.25, -0.2) is 0 Å². The van der Waals surface area contributed by atoms with E-state index in [2.05, 4.69) is 6.08 Å². The lowest BCUT2D eigenvalue weighted by Gasteiger charge is -2.46. The fraction of sp³-hybridized carbons (Fsp3) is 0.800. The van der Waals surface area contributed by atoms with Crippen molar-refractivity contribution in [2.45, 2.75) is 57.2 Å². The Bertz CT molecular complexity index is 449. The predicted octanol–water partition coefficient (Wildman–Crippen LogP) is 2.19. The number of hydrogen-bond acceptors (Lipinski definition) is 3. The Morgan fingerprint density at radius 3 is 2.94 bits per heavy atom. The molecule has 3 aliphatic carbocycles. The Morgan fingerprint density at radius 1 is 1.44 bits per heavy atom. The molecule has 1 heterocycles. The molecule has 0 aromatic carbocycles. The van der Waals surface area contributed by atoms with Gasteiger partial charge in [0.25, 0.3) is 0 Å². The Hall–Kier alpha value is -0.830. The van der Waals surface area contributed by atoms with E-state index in [4.69, 9.17) is 4.74 Å². The summed E-state index contributed by atoms with van der Waals surface area (Å²) in [5.41, 5.74) is 0.906. The van der Waals surface area contributed by atoms with Gasteiger partial charge in [0.15, 0.2) is 0 Å². The third-order valence-electron chi connectivity index (χ3n) is 5.70. The number of allylic oxidation sites excluding steroid dienone is 1. The number of aliphatic hydroxyl groups excluding tert-OH is 1. The van der Waals surface area contributed by atoms with E-state index in [0.717, 1.165) is 32.1 Å². The molecular formula is C15H20O3. The first-order valence-corrected chi connectivity index (χ1v) is 7.18. The molecule has 1 N–H and O–H groups in total. The van der Waals surface area contributed by atoms with Crippen LogP contribution in [0.2, 0.25) is 0 Å². The van der Waals surface area contributed by atoms with Crippen molar-refractivity contribution >= 4 is 5.97 Å². The zero-order valence-electron chi connectivity index (χ0n) is 10.8. The molecule has 2 saturated carbocycles. The van der Waals surface area contributed by atoms with Gasteiger partial charge in [-0.2, -0.15) is 0 Å². The zero-order chi connectivity index (χ0) is 12.5. The number of esters is 1. The first-order chi connectivity index (χ1) is 8.57. The van der Waals surface area contributed by atoms with Gasteiger partial charge < -0.3 is 9.84 Å². The molecule has 0 aromatic heterocycles. The van der Waals surface area contributed by atoms with Crippen LogP contribution in [-0.2, 0) is 9.53 Å². The van der Waals surface area contributed by atoms with Crippen molar-refractivity contribution in [2.24, 2.45) is 17.3 Å². The highest BCUT2D eigenvalue weighted by atomic mass is 16.6. The normalized spacial score (nSPS) is 51.1. The molecule has 98 valence electrons. The first-order valence-electron chi connectivity index (χ1n) is 7.18. The second-order valence-corrected chi connectivity index (χ2v) is 6.78. The molecule has 1 saturated heterocycles. The number of ether oxygens (including phenoxy) is 1. The Balaban J connectivity index is 1.89. The third kappa shape index (κ3) is 1.16. The second kappa shape index (κ2) is 3.19. The number of carbonyl (C=O) groups excluding carboxylic acids is 1. The Kier molecular flexibility index (Phi) is 1.95. The number of aliphatic hydroxyl groups is 1. The lowest BCUT2D eigenvalue weighted by molar-refractivity contribution is -0.153. The Labute approximate surface area is 107 Å². The molecule has 2 bridgehead atoms. The van der Waals surface area contributed by atoms with Crippen LogP contribution in [0.25, 0.3) is 0 Å². The minimum atomic E-state index is -0.424. The van der Waals surface area contributed by atoms with E-state index in [1.165, 1.54) is 5.57 Å². The fourth-order valence-corrected chi connectivity index (χ4v) is 5.03. The molecule has 1 aliphatic heterocycles. The third-order valence-corrected chi connectivity index (χ3v) is 5.70. The van der Waals surface area contributed by atoms with Crippen molar-refractivity contribution in [3.63, 3.8) is 0 Å². The van der Waals surface area contributed by atoms with Crippen molar-refractivity contribution in [1.29, 1.82) is 0 Å². The lowest BCUT2D eigenvalue weighted by Crippen LogP contribution is -2.50. The maximum Gasteiger partial charge on any atom is 0.309 e. The lowest BCUT2D eigenvalue weighted by atomic mass is 9.59. The maximum absolute atomic E-state index is 12.2. The second-order valence-electron chi connectivity index (χ2n) is 6.78. The highest BCUT2D eigenvalue weighted by molar-refractivity contribution is 5.77. The minimum Gasteiger partial charge on any atom is -0.459 e. The van der Waals surface area contributed by atoms with Crippen LogP contribution in [0.1, 0.15) is 45.4 Å². The van der Waals surface area contributed by atoms with Crippen LogP contribution in [-0.4, -0.2) is 22.8 Å². The predicted molar refractivity (Wildman–Crippen MR) is 65.7 cm³/mol. The molecule has 0 aromatic rings. The molecule has 4 rings (SSSR count). The summed E-state index contributed by atoms with van der Waals surface area (Å²) in [5, 5.41) is 10.4. The summed E-state index contributed by atoms with van der Waals surface area (Å²) in [6.45, 7) is 2.04. The largest absolute Gasteiger partial charge is 0.459 e. The maximum atomic E-state index is 12.2. The monoisotopic (exact) mass is 248 g/mol. The van der Waals surface area contributed by atoms with Crippen LogP contribution in [0.3, 0.4) is 0 Å². The van der Waals surface area contributed by atoms with Crippen molar-refractivity contribution in [1.82, 2.24) is 0 Å². The van der Waals surface area contributed by atoms with Crippen LogP contribution in [0.5, 0.6) is 0 Å². The summed E-state index contributed by atoms with van der Waals surface area (Å²) in [7, 11) is 0. The average molecular weight is 248 g/mol. The number of hydrogen-bond donors (Lipinski definition) is 1. The van der Waals surface area contributed by atoms with Crippen LogP contribution < -0.4 is 0 Å². The first kappa shape index (κ1) is 11.0. The highest BCUT2D eigenvalue weighted by Gasteiger charge is 2.70. The van der Waals surface area contributed by atoms with Gasteiger partial charge in [-0.15, -0.1) is 0 Å². The molecule has 3 heteroatoms. The van der Waals surface area contributed by atoms with Crippen molar-refractivity contribution in [3.8, 4) is 0 Å². The summed E-state index contributed by atoms with van der Waals surface area (Å²) in [6, 6.07) is 0. The van der Waals surface area contributed by atoms with Gasteiger partial charge in [0.1, 0.15) is 5.60 Å². The van der Waals surface area contributed by atoms with Crippen LogP contribution in [0.4, 0.5) is 0 Å². The van der Waals surface area contributed by atoms with E-state index in [9.17, 15) is 9.90 Å². The number of rotatable bonds is 0. The van der Waals surface area contributed by atoms with Gasteiger partial charge in [-0.1, -0.05) is 6.08 Å². The summed E-state index contributed by atoms with van der Waals surface area (Å²) >= 11 is 0. The molecule has 0 radical (unpaired) electrons. The molecule has 1 unspecified atom stereocenters. The van der Waals surface area contributed by atoms with E-state index in [1.807, 2.05) is 6.92 Å². The summed E-state index contributed by atoms with van der Waals surface area (Å²) in [5.74, 6) is 0.380. The molecule has 3 fully saturated rings. The van der Waals surface area contributed by atoms with Gasteiger partial charge in [0.05, 0.1) is 12.0 Å². The van der Waals surface area contributed by atoms with Crippen LogP contribution in [0, 0.1) is 17.3 Å².